The van der Waals surface area contributed by atoms with Crippen LogP contribution in [0.2, 0.25) is 0 Å². The second-order valence-electron chi connectivity index (χ2n) is 5.72. The van der Waals surface area contributed by atoms with Crippen LogP contribution in [0.3, 0.4) is 0 Å². The summed E-state index contributed by atoms with van der Waals surface area (Å²) < 4.78 is 118. The maximum absolute atomic E-state index is 8.32. The zero-order valence-corrected chi connectivity index (χ0v) is 12.3. The Hall–Kier alpha value is -1.07. The molecule has 1 aromatic rings. The SMILES string of the molecule is [2H]c1c(B2OC(C)(C)C(C)(C)O2)nc(N2C([2H])([2H])C([2H])([2H])C([2H])([2H])C([2H])([2H])C2([2H])[2H])c([2H])c1[2H]. The quantitative estimate of drug-likeness (QED) is 0.786. The lowest BCUT2D eigenvalue weighted by Gasteiger charge is -2.32. The zero-order chi connectivity index (χ0) is 26.7. The van der Waals surface area contributed by atoms with Crippen LogP contribution in [0.5, 0.6) is 0 Å². The van der Waals surface area contributed by atoms with E-state index in [1.165, 1.54) is 0 Å². The van der Waals surface area contributed by atoms with E-state index in [0.29, 0.717) is 0 Å². The van der Waals surface area contributed by atoms with Crippen LogP contribution in [-0.2, 0) is 9.31 Å². The Morgan fingerprint density at radius 2 is 1.76 bits per heavy atom. The fourth-order valence-electron chi connectivity index (χ4n) is 1.83. The smallest absolute Gasteiger partial charge is 0.398 e. The second-order valence-corrected chi connectivity index (χ2v) is 5.72. The van der Waals surface area contributed by atoms with Crippen molar-refractivity contribution in [3.8, 4) is 0 Å². The molecule has 4 nitrogen and oxygen atoms in total. The molecular weight excluding hydrogens is 263 g/mol. The zero-order valence-electron chi connectivity index (χ0n) is 25.3. The Morgan fingerprint density at radius 3 is 2.38 bits per heavy atom. The highest BCUT2D eigenvalue weighted by Gasteiger charge is 2.52. The lowest BCUT2D eigenvalue weighted by Crippen LogP contribution is -2.41. The van der Waals surface area contributed by atoms with Gasteiger partial charge in [-0.05, 0) is 58.9 Å². The van der Waals surface area contributed by atoms with Crippen molar-refractivity contribution in [3.63, 3.8) is 0 Å². The highest BCUT2D eigenvalue weighted by atomic mass is 16.7. The maximum atomic E-state index is 8.32. The van der Waals surface area contributed by atoms with Crippen molar-refractivity contribution in [3.05, 3.63) is 18.1 Å². The minimum atomic E-state index is -3.64. The largest absolute Gasteiger partial charge is 0.514 e. The Morgan fingerprint density at radius 1 is 1.14 bits per heavy atom. The summed E-state index contributed by atoms with van der Waals surface area (Å²) in [5.41, 5.74) is -2.23. The summed E-state index contributed by atoms with van der Waals surface area (Å²) in [5.74, 6) is -0.982. The van der Waals surface area contributed by atoms with E-state index < -0.39 is 80.0 Å². The number of pyridine rings is 1. The number of hydrogen-bond acceptors (Lipinski definition) is 4. The highest BCUT2D eigenvalue weighted by Crippen LogP contribution is 2.36. The van der Waals surface area contributed by atoms with Crippen molar-refractivity contribution in [2.45, 2.75) is 58.0 Å². The average Bonchev–Trinajstić information content (AvgIpc) is 2.87. The van der Waals surface area contributed by atoms with E-state index in [0.717, 1.165) is 0 Å². The Balaban J connectivity index is 2.31. The van der Waals surface area contributed by atoms with Gasteiger partial charge in [-0.15, -0.1) is 0 Å². The maximum Gasteiger partial charge on any atom is 0.514 e. The van der Waals surface area contributed by atoms with E-state index in [9.17, 15) is 0 Å². The summed E-state index contributed by atoms with van der Waals surface area (Å²) in [6.45, 7) is -0.346. The molecule has 0 radical (unpaired) electrons. The predicted octanol–water partition coefficient (Wildman–Crippen LogP) is 2.37. The third kappa shape index (κ3) is 2.81. The average molecular weight is 301 g/mol. The van der Waals surface area contributed by atoms with Gasteiger partial charge in [0.1, 0.15) is 5.82 Å². The van der Waals surface area contributed by atoms with Crippen LogP contribution in [0.1, 0.15) is 64.6 Å². The van der Waals surface area contributed by atoms with Crippen LogP contribution < -0.4 is 10.5 Å². The summed E-state index contributed by atoms with van der Waals surface area (Å²) in [5, 5.41) is 0. The van der Waals surface area contributed by atoms with Crippen LogP contribution in [0.25, 0.3) is 0 Å². The minimum Gasteiger partial charge on any atom is -0.398 e. The van der Waals surface area contributed by atoms with E-state index in [1.807, 2.05) is 0 Å². The molecule has 21 heavy (non-hydrogen) atoms. The number of hydrogen-bond donors (Lipinski definition) is 0. The summed E-state index contributed by atoms with van der Waals surface area (Å²) in [7, 11) is -1.37. The molecule has 2 aliphatic rings. The van der Waals surface area contributed by atoms with E-state index in [4.69, 9.17) is 27.1 Å². The number of anilines is 1. The van der Waals surface area contributed by atoms with Gasteiger partial charge in [0.2, 0.25) is 0 Å². The molecule has 0 atom stereocenters. The Bertz CT molecular complexity index is 985. The van der Waals surface area contributed by atoms with Gasteiger partial charge in [0, 0.05) is 26.7 Å². The van der Waals surface area contributed by atoms with Crippen LogP contribution in [0.4, 0.5) is 5.82 Å². The van der Waals surface area contributed by atoms with Gasteiger partial charge < -0.3 is 14.2 Å². The molecule has 1 aromatic heterocycles. The monoisotopic (exact) mass is 301 g/mol. The number of piperidine rings is 1. The molecule has 0 amide bonds. The molecule has 5 heteroatoms. The third-order valence-electron chi connectivity index (χ3n) is 3.74. The molecule has 0 unspecified atom stereocenters. The van der Waals surface area contributed by atoms with Crippen molar-refractivity contribution in [2.75, 3.05) is 17.9 Å². The minimum absolute atomic E-state index is 0.0874. The van der Waals surface area contributed by atoms with Crippen LogP contribution in [-0.4, -0.2) is 36.3 Å². The highest BCUT2D eigenvalue weighted by molar-refractivity contribution is 6.61. The van der Waals surface area contributed by atoms with Gasteiger partial charge in [0.15, 0.2) is 0 Å². The lowest BCUT2D eigenvalue weighted by molar-refractivity contribution is 0.00578. The van der Waals surface area contributed by atoms with E-state index in [-0.39, 0.29) is 4.90 Å². The van der Waals surface area contributed by atoms with Gasteiger partial charge in [0.25, 0.3) is 0 Å². The number of rotatable bonds is 2. The summed E-state index contributed by atoms with van der Waals surface area (Å²) in [6.07, 6.45) is -10.9. The van der Waals surface area contributed by atoms with Gasteiger partial charge in [-0.2, -0.15) is 0 Å². The molecule has 0 saturated carbocycles. The molecule has 3 heterocycles. The van der Waals surface area contributed by atoms with Crippen LogP contribution in [0.15, 0.2) is 18.1 Å². The molecule has 2 aliphatic heterocycles. The molecule has 114 valence electrons. The molecule has 0 aromatic carbocycles. The molecular formula is C16H25BN2O2. The van der Waals surface area contributed by atoms with Gasteiger partial charge in [0.05, 0.1) is 20.9 Å². The molecule has 0 N–H and O–H groups in total. The molecule has 0 bridgehead atoms. The van der Waals surface area contributed by atoms with Crippen molar-refractivity contribution < 1.29 is 27.1 Å². The van der Waals surface area contributed by atoms with Crippen molar-refractivity contribution in [1.82, 2.24) is 4.98 Å². The molecule has 0 aliphatic carbocycles. The fraction of sp³-hybridized carbons (Fsp3) is 0.688. The normalized spacial score (nSPS) is 45.4. The van der Waals surface area contributed by atoms with E-state index in [2.05, 4.69) is 4.98 Å². The second kappa shape index (κ2) is 5.29. The molecule has 2 saturated heterocycles. The Labute approximate surface area is 146 Å². The number of aromatic nitrogens is 1. The Kier molecular flexibility index (Phi) is 1.47. The lowest BCUT2D eigenvalue weighted by atomic mass is 9.84. The van der Waals surface area contributed by atoms with Crippen molar-refractivity contribution in [2.24, 2.45) is 0 Å². The first-order valence-electron chi connectivity index (χ1n) is 13.0. The van der Waals surface area contributed by atoms with E-state index >= 15 is 0 Å². The van der Waals surface area contributed by atoms with Crippen molar-refractivity contribution >= 4 is 18.5 Å². The summed E-state index contributed by atoms with van der Waals surface area (Å²) in [4.78, 5) is 3.90. The fourth-order valence-corrected chi connectivity index (χ4v) is 1.83. The topological polar surface area (TPSA) is 34.6 Å². The van der Waals surface area contributed by atoms with Gasteiger partial charge >= 0.3 is 7.12 Å². The summed E-state index contributed by atoms with van der Waals surface area (Å²) in [6, 6.07) is -2.41. The van der Waals surface area contributed by atoms with Gasteiger partial charge in [-0.3, -0.25) is 0 Å². The van der Waals surface area contributed by atoms with Gasteiger partial charge in [-0.25, -0.2) is 4.98 Å². The molecule has 3 rings (SSSR count). The van der Waals surface area contributed by atoms with Crippen LogP contribution in [0, 0.1) is 0 Å². The van der Waals surface area contributed by atoms with Gasteiger partial charge in [-0.1, -0.05) is 6.04 Å². The number of nitrogens with zero attached hydrogens (tertiary/aromatic N) is 2. The third-order valence-corrected chi connectivity index (χ3v) is 3.74. The van der Waals surface area contributed by atoms with E-state index in [1.54, 1.807) is 27.7 Å². The summed E-state index contributed by atoms with van der Waals surface area (Å²) >= 11 is 0. The first-order valence-corrected chi connectivity index (χ1v) is 6.54. The van der Waals surface area contributed by atoms with Crippen LogP contribution >= 0.6 is 0 Å². The first-order chi connectivity index (χ1) is 14.9. The standard InChI is InChI=1S/C16H25BN2O2/c1-15(2)16(3,4)21-17(20-15)13-9-8-10-14(18-13)19-11-6-5-7-12-19/h8-10H,5-7,11-12H2,1-4H3/i5D2,6D2,7D2,8D,9D,10D,11D2,12D2. The molecule has 0 spiro atoms. The molecule has 2 fully saturated rings. The predicted molar refractivity (Wildman–Crippen MR) is 86.0 cm³/mol. The van der Waals surface area contributed by atoms with Crippen molar-refractivity contribution in [1.29, 1.82) is 0 Å². The first kappa shape index (κ1) is 5.86.